The third-order valence-electron chi connectivity index (χ3n) is 2.87. The number of aliphatic hydroxyl groups excluding tert-OH is 1. The SMILES string of the molecule is CC(C)(C)[C@H]1CCC[C@@H](O)C1. The molecule has 1 aliphatic carbocycles. The van der Waals surface area contributed by atoms with Crippen LogP contribution in [0.5, 0.6) is 0 Å². The van der Waals surface area contributed by atoms with Crippen molar-refractivity contribution in [1.29, 1.82) is 0 Å². The fraction of sp³-hybridized carbons (Fsp3) is 1.00. The predicted molar refractivity (Wildman–Crippen MR) is 47.4 cm³/mol. The van der Waals surface area contributed by atoms with Crippen molar-refractivity contribution in [3.05, 3.63) is 0 Å². The average molecular weight is 156 g/mol. The minimum atomic E-state index is -0.0204. The second-order valence-corrected chi connectivity index (χ2v) is 4.88. The molecule has 0 unspecified atom stereocenters. The molecule has 66 valence electrons. The van der Waals surface area contributed by atoms with E-state index in [0.717, 1.165) is 18.8 Å². The number of aliphatic hydroxyl groups is 1. The number of hydrogen-bond donors (Lipinski definition) is 1. The third-order valence-corrected chi connectivity index (χ3v) is 2.87. The van der Waals surface area contributed by atoms with Gasteiger partial charge in [-0.2, -0.15) is 0 Å². The lowest BCUT2D eigenvalue weighted by Crippen LogP contribution is -2.29. The minimum Gasteiger partial charge on any atom is -0.393 e. The summed E-state index contributed by atoms with van der Waals surface area (Å²) in [5.41, 5.74) is 0.390. The zero-order valence-corrected chi connectivity index (χ0v) is 7.93. The Labute approximate surface area is 69.8 Å². The van der Waals surface area contributed by atoms with Gasteiger partial charge in [0.2, 0.25) is 0 Å². The van der Waals surface area contributed by atoms with Crippen LogP contribution in [0.2, 0.25) is 0 Å². The molecule has 1 rings (SSSR count). The molecular weight excluding hydrogens is 136 g/mol. The standard InChI is InChI=1S/C10H20O/c1-10(2,3)8-5-4-6-9(11)7-8/h8-9,11H,4-7H2,1-3H3/t8-,9+/m0/s1. The van der Waals surface area contributed by atoms with Gasteiger partial charge in [0.1, 0.15) is 0 Å². The van der Waals surface area contributed by atoms with Crippen molar-refractivity contribution in [1.82, 2.24) is 0 Å². The van der Waals surface area contributed by atoms with E-state index in [1.165, 1.54) is 12.8 Å². The van der Waals surface area contributed by atoms with Crippen LogP contribution in [0.1, 0.15) is 46.5 Å². The van der Waals surface area contributed by atoms with Crippen LogP contribution in [0.25, 0.3) is 0 Å². The van der Waals surface area contributed by atoms with Gasteiger partial charge in [0.15, 0.2) is 0 Å². The number of hydrogen-bond acceptors (Lipinski definition) is 1. The first-order valence-corrected chi connectivity index (χ1v) is 4.68. The molecule has 0 aliphatic heterocycles. The molecule has 0 bridgehead atoms. The highest BCUT2D eigenvalue weighted by molar-refractivity contribution is 4.80. The Bertz CT molecular complexity index is 123. The van der Waals surface area contributed by atoms with Gasteiger partial charge in [0.05, 0.1) is 6.10 Å². The van der Waals surface area contributed by atoms with Gasteiger partial charge in [-0.3, -0.25) is 0 Å². The molecule has 0 aromatic heterocycles. The first kappa shape index (κ1) is 9.05. The highest BCUT2D eigenvalue weighted by atomic mass is 16.3. The predicted octanol–water partition coefficient (Wildman–Crippen LogP) is 2.58. The first-order chi connectivity index (χ1) is 5.00. The van der Waals surface area contributed by atoms with E-state index in [9.17, 15) is 5.11 Å². The maximum absolute atomic E-state index is 9.44. The summed E-state index contributed by atoms with van der Waals surface area (Å²) in [7, 11) is 0. The highest BCUT2D eigenvalue weighted by Gasteiger charge is 2.29. The third kappa shape index (κ3) is 2.48. The Morgan fingerprint density at radius 1 is 1.18 bits per heavy atom. The van der Waals surface area contributed by atoms with Gasteiger partial charge >= 0.3 is 0 Å². The lowest BCUT2D eigenvalue weighted by molar-refractivity contribution is 0.0586. The van der Waals surface area contributed by atoms with Crippen LogP contribution >= 0.6 is 0 Å². The monoisotopic (exact) mass is 156 g/mol. The van der Waals surface area contributed by atoms with E-state index in [1.54, 1.807) is 0 Å². The van der Waals surface area contributed by atoms with Crippen LogP contribution in [0, 0.1) is 11.3 Å². The molecule has 0 heterocycles. The normalized spacial score (nSPS) is 33.8. The average Bonchev–Trinajstić information content (AvgIpc) is 1.86. The molecule has 1 fully saturated rings. The fourth-order valence-corrected chi connectivity index (χ4v) is 1.95. The van der Waals surface area contributed by atoms with E-state index < -0.39 is 0 Å². The van der Waals surface area contributed by atoms with E-state index in [0.29, 0.717) is 5.41 Å². The quantitative estimate of drug-likeness (QED) is 0.571. The zero-order chi connectivity index (χ0) is 8.48. The summed E-state index contributed by atoms with van der Waals surface area (Å²) in [6.07, 6.45) is 4.53. The van der Waals surface area contributed by atoms with Crippen LogP contribution in [0.15, 0.2) is 0 Å². The molecule has 1 heteroatoms. The lowest BCUT2D eigenvalue weighted by Gasteiger charge is -2.35. The van der Waals surface area contributed by atoms with Gasteiger partial charge in [-0.15, -0.1) is 0 Å². The molecular formula is C10H20O. The van der Waals surface area contributed by atoms with E-state index in [1.807, 2.05) is 0 Å². The summed E-state index contributed by atoms with van der Waals surface area (Å²) in [5.74, 6) is 0.728. The molecule has 1 aliphatic rings. The van der Waals surface area contributed by atoms with Crippen LogP contribution in [-0.2, 0) is 0 Å². The Morgan fingerprint density at radius 2 is 1.82 bits per heavy atom. The molecule has 1 N–H and O–H groups in total. The Morgan fingerprint density at radius 3 is 2.18 bits per heavy atom. The smallest absolute Gasteiger partial charge is 0.0543 e. The summed E-state index contributed by atoms with van der Waals surface area (Å²) in [6.45, 7) is 6.82. The molecule has 2 atom stereocenters. The topological polar surface area (TPSA) is 20.2 Å². The summed E-state index contributed by atoms with van der Waals surface area (Å²) in [5, 5.41) is 9.44. The molecule has 0 aromatic rings. The summed E-state index contributed by atoms with van der Waals surface area (Å²) in [6, 6.07) is 0. The summed E-state index contributed by atoms with van der Waals surface area (Å²) in [4.78, 5) is 0. The largest absolute Gasteiger partial charge is 0.393 e. The van der Waals surface area contributed by atoms with E-state index in [2.05, 4.69) is 20.8 Å². The van der Waals surface area contributed by atoms with Crippen LogP contribution in [-0.4, -0.2) is 11.2 Å². The van der Waals surface area contributed by atoms with E-state index in [-0.39, 0.29) is 6.10 Å². The molecule has 1 saturated carbocycles. The Hall–Kier alpha value is -0.0400. The van der Waals surface area contributed by atoms with Gasteiger partial charge in [-0.05, 0) is 30.6 Å². The Balaban J connectivity index is 2.46. The second kappa shape index (κ2) is 3.14. The van der Waals surface area contributed by atoms with Crippen molar-refractivity contribution in [3.8, 4) is 0 Å². The fourth-order valence-electron chi connectivity index (χ4n) is 1.95. The molecule has 0 radical (unpaired) electrons. The van der Waals surface area contributed by atoms with Crippen LogP contribution < -0.4 is 0 Å². The van der Waals surface area contributed by atoms with Gasteiger partial charge in [-0.1, -0.05) is 27.2 Å². The Kier molecular flexibility index (Phi) is 2.58. The summed E-state index contributed by atoms with van der Waals surface area (Å²) >= 11 is 0. The van der Waals surface area contributed by atoms with Gasteiger partial charge in [0, 0.05) is 0 Å². The van der Waals surface area contributed by atoms with Crippen molar-refractivity contribution >= 4 is 0 Å². The summed E-state index contributed by atoms with van der Waals surface area (Å²) < 4.78 is 0. The highest BCUT2D eigenvalue weighted by Crippen LogP contribution is 2.37. The first-order valence-electron chi connectivity index (χ1n) is 4.68. The molecule has 0 aromatic carbocycles. The van der Waals surface area contributed by atoms with E-state index >= 15 is 0 Å². The molecule has 1 nitrogen and oxygen atoms in total. The second-order valence-electron chi connectivity index (χ2n) is 4.88. The van der Waals surface area contributed by atoms with Gasteiger partial charge in [0.25, 0.3) is 0 Å². The van der Waals surface area contributed by atoms with Crippen molar-refractivity contribution in [2.24, 2.45) is 11.3 Å². The van der Waals surface area contributed by atoms with Gasteiger partial charge < -0.3 is 5.11 Å². The van der Waals surface area contributed by atoms with Gasteiger partial charge in [-0.25, -0.2) is 0 Å². The van der Waals surface area contributed by atoms with Crippen molar-refractivity contribution in [3.63, 3.8) is 0 Å². The van der Waals surface area contributed by atoms with Crippen molar-refractivity contribution < 1.29 is 5.11 Å². The van der Waals surface area contributed by atoms with Crippen LogP contribution in [0.3, 0.4) is 0 Å². The van der Waals surface area contributed by atoms with Crippen molar-refractivity contribution in [2.75, 3.05) is 0 Å². The molecule has 0 amide bonds. The lowest BCUT2D eigenvalue weighted by atomic mass is 9.72. The molecule has 0 spiro atoms. The zero-order valence-electron chi connectivity index (χ0n) is 7.93. The number of rotatable bonds is 0. The molecule has 0 saturated heterocycles. The minimum absolute atomic E-state index is 0.0204. The van der Waals surface area contributed by atoms with Crippen LogP contribution in [0.4, 0.5) is 0 Å². The maximum Gasteiger partial charge on any atom is 0.0543 e. The maximum atomic E-state index is 9.44. The van der Waals surface area contributed by atoms with Crippen molar-refractivity contribution in [2.45, 2.75) is 52.6 Å². The molecule has 11 heavy (non-hydrogen) atoms. The van der Waals surface area contributed by atoms with E-state index in [4.69, 9.17) is 0 Å².